The molecule has 2 aliphatic rings. The van der Waals surface area contributed by atoms with Gasteiger partial charge in [0.25, 0.3) is 0 Å². The minimum absolute atomic E-state index is 0.250. The Labute approximate surface area is 160 Å². The molecule has 5 heteroatoms. The third-order valence-electron chi connectivity index (χ3n) is 6.06. The summed E-state index contributed by atoms with van der Waals surface area (Å²) in [5, 5.41) is 0. The zero-order valence-electron chi connectivity index (χ0n) is 16.1. The van der Waals surface area contributed by atoms with Gasteiger partial charge in [-0.15, -0.1) is 0 Å². The number of rotatable bonds is 5. The van der Waals surface area contributed by atoms with E-state index in [1.54, 1.807) is 26.4 Å². The van der Waals surface area contributed by atoms with Gasteiger partial charge >= 0.3 is 5.97 Å². The number of benzene rings is 2. The minimum atomic E-state index is -0.250. The van der Waals surface area contributed by atoms with Crippen molar-refractivity contribution in [3.8, 4) is 11.5 Å². The van der Waals surface area contributed by atoms with Crippen LogP contribution < -0.4 is 9.47 Å². The summed E-state index contributed by atoms with van der Waals surface area (Å²) in [4.78, 5) is 12.3. The first-order valence-electron chi connectivity index (χ1n) is 9.37. The summed E-state index contributed by atoms with van der Waals surface area (Å²) in [6.45, 7) is 2.57. The molecule has 0 aromatic heterocycles. The molecule has 0 aliphatic carbocycles. The molecule has 0 radical (unpaired) electrons. The first kappa shape index (κ1) is 17.9. The molecule has 0 bridgehead atoms. The van der Waals surface area contributed by atoms with Crippen LogP contribution in [-0.2, 0) is 11.2 Å². The highest BCUT2D eigenvalue weighted by molar-refractivity contribution is 5.89. The molecule has 0 amide bonds. The van der Waals surface area contributed by atoms with Crippen LogP contribution in [0, 0.1) is 5.92 Å². The quantitative estimate of drug-likeness (QED) is 0.600. The van der Waals surface area contributed by atoms with Gasteiger partial charge in [0, 0.05) is 12.0 Å². The van der Waals surface area contributed by atoms with Crippen LogP contribution >= 0.6 is 0 Å². The topological polar surface area (TPSA) is 44.8 Å². The molecule has 0 spiro atoms. The predicted octanol–water partition coefficient (Wildman–Crippen LogP) is 3.23. The molecule has 2 heterocycles. The van der Waals surface area contributed by atoms with Gasteiger partial charge in [-0.2, -0.15) is 0 Å². The maximum Gasteiger partial charge on any atom is 0.338 e. The molecular formula is C22H26NO4+. The Hall–Kier alpha value is -2.53. The van der Waals surface area contributed by atoms with Crippen molar-refractivity contribution in [2.75, 3.05) is 41.0 Å². The summed E-state index contributed by atoms with van der Waals surface area (Å²) in [5.74, 6) is 1.61. The van der Waals surface area contributed by atoms with E-state index in [4.69, 9.17) is 14.2 Å². The number of hydrogen-bond acceptors (Lipinski definition) is 4. The summed E-state index contributed by atoms with van der Waals surface area (Å²) >= 11 is 0. The van der Waals surface area contributed by atoms with Gasteiger partial charge in [0.2, 0.25) is 0 Å². The standard InChI is InChI=1S/C22H26NO4/c1-23-10-9-16-11-19(25-2)20(26-3)12-18(16)21(23)17(13-23)14-27-22(24)15-7-5-4-6-8-15/h4-8,11-12,17,21H,9-10,13-14H2,1-3H3/q+1/t17-,21-,23?/m1/s1. The molecule has 0 N–H and O–H groups in total. The smallest absolute Gasteiger partial charge is 0.338 e. The Morgan fingerprint density at radius 2 is 1.81 bits per heavy atom. The lowest BCUT2D eigenvalue weighted by Crippen LogP contribution is -2.66. The molecule has 0 saturated carbocycles. The molecule has 1 unspecified atom stereocenters. The largest absolute Gasteiger partial charge is 0.493 e. The van der Waals surface area contributed by atoms with Crippen LogP contribution in [0.15, 0.2) is 42.5 Å². The van der Waals surface area contributed by atoms with E-state index >= 15 is 0 Å². The fourth-order valence-electron chi connectivity index (χ4n) is 4.73. The van der Waals surface area contributed by atoms with E-state index in [-0.39, 0.29) is 5.97 Å². The van der Waals surface area contributed by atoms with Crippen molar-refractivity contribution < 1.29 is 23.5 Å². The van der Waals surface area contributed by atoms with Gasteiger partial charge in [-0.25, -0.2) is 4.79 Å². The van der Waals surface area contributed by atoms with E-state index in [2.05, 4.69) is 19.2 Å². The highest BCUT2D eigenvalue weighted by atomic mass is 16.5. The Balaban J connectivity index is 1.54. The number of fused-ring (bicyclic) bond motifs is 3. The molecule has 2 aromatic carbocycles. The number of likely N-dealkylation sites (N-methyl/N-ethyl adjacent to an activating group) is 1. The molecule has 27 heavy (non-hydrogen) atoms. The average Bonchev–Trinajstić information content (AvgIpc) is 2.69. The number of ether oxygens (including phenoxy) is 3. The molecule has 1 saturated heterocycles. The lowest BCUT2D eigenvalue weighted by atomic mass is 9.75. The van der Waals surface area contributed by atoms with Crippen molar-refractivity contribution >= 4 is 5.97 Å². The summed E-state index contributed by atoms with van der Waals surface area (Å²) in [5.41, 5.74) is 3.21. The molecule has 5 nitrogen and oxygen atoms in total. The fraction of sp³-hybridized carbons (Fsp3) is 0.409. The number of hydrogen-bond donors (Lipinski definition) is 0. The minimum Gasteiger partial charge on any atom is -0.493 e. The average molecular weight is 368 g/mol. The Bertz CT molecular complexity index is 851. The van der Waals surface area contributed by atoms with E-state index in [1.807, 2.05) is 18.2 Å². The number of esters is 1. The summed E-state index contributed by atoms with van der Waals surface area (Å²) in [6.07, 6.45) is 1.03. The Kier molecular flexibility index (Phi) is 4.56. The van der Waals surface area contributed by atoms with E-state index in [1.165, 1.54) is 11.1 Å². The van der Waals surface area contributed by atoms with Crippen LogP contribution in [0.5, 0.6) is 11.5 Å². The van der Waals surface area contributed by atoms with Crippen LogP contribution in [-0.4, -0.2) is 51.4 Å². The lowest BCUT2D eigenvalue weighted by molar-refractivity contribution is -0.992. The second-order valence-electron chi connectivity index (χ2n) is 7.71. The van der Waals surface area contributed by atoms with Gasteiger partial charge in [0.15, 0.2) is 11.5 Å². The van der Waals surface area contributed by atoms with Crippen LogP contribution in [0.1, 0.15) is 27.5 Å². The van der Waals surface area contributed by atoms with Crippen LogP contribution in [0.2, 0.25) is 0 Å². The zero-order valence-corrected chi connectivity index (χ0v) is 16.1. The zero-order chi connectivity index (χ0) is 19.0. The van der Waals surface area contributed by atoms with Crippen LogP contribution in [0.4, 0.5) is 0 Å². The molecular weight excluding hydrogens is 342 g/mol. The maximum atomic E-state index is 12.3. The molecule has 3 atom stereocenters. The Morgan fingerprint density at radius 3 is 2.52 bits per heavy atom. The SMILES string of the molecule is COc1cc2c(cc1OC)[C@H]1[C@@H](COC(=O)c3ccccc3)C[N+]1(C)CC2. The number of carbonyl (C=O) groups is 1. The number of quaternary nitrogens is 1. The van der Waals surface area contributed by atoms with Crippen LogP contribution in [0.25, 0.3) is 0 Å². The van der Waals surface area contributed by atoms with E-state index in [0.717, 1.165) is 35.5 Å². The monoisotopic (exact) mass is 368 g/mol. The fourth-order valence-corrected chi connectivity index (χ4v) is 4.73. The summed E-state index contributed by atoms with van der Waals surface area (Å²) in [6, 6.07) is 13.7. The first-order valence-corrected chi connectivity index (χ1v) is 9.37. The van der Waals surface area contributed by atoms with Crippen molar-refractivity contribution in [1.29, 1.82) is 0 Å². The third-order valence-corrected chi connectivity index (χ3v) is 6.06. The van der Waals surface area contributed by atoms with Crippen molar-refractivity contribution in [3.05, 3.63) is 59.2 Å². The first-order chi connectivity index (χ1) is 13.1. The van der Waals surface area contributed by atoms with E-state index < -0.39 is 0 Å². The maximum absolute atomic E-state index is 12.3. The molecule has 2 aliphatic heterocycles. The van der Waals surface area contributed by atoms with Gasteiger partial charge in [0.05, 0.1) is 45.8 Å². The van der Waals surface area contributed by atoms with Gasteiger partial charge in [0.1, 0.15) is 12.6 Å². The summed E-state index contributed by atoms with van der Waals surface area (Å²) in [7, 11) is 5.63. The van der Waals surface area contributed by atoms with Gasteiger partial charge in [-0.3, -0.25) is 0 Å². The summed E-state index contributed by atoms with van der Waals surface area (Å²) < 4.78 is 17.6. The second-order valence-corrected chi connectivity index (χ2v) is 7.71. The normalized spacial score (nSPS) is 25.6. The highest BCUT2D eigenvalue weighted by Gasteiger charge is 2.55. The van der Waals surface area contributed by atoms with Crippen LogP contribution in [0.3, 0.4) is 0 Å². The van der Waals surface area contributed by atoms with E-state index in [0.29, 0.717) is 24.1 Å². The number of carbonyl (C=O) groups excluding carboxylic acids is 1. The van der Waals surface area contributed by atoms with Gasteiger partial charge in [-0.1, -0.05) is 18.2 Å². The van der Waals surface area contributed by atoms with Crippen molar-refractivity contribution in [1.82, 2.24) is 0 Å². The molecule has 1 fully saturated rings. The molecule has 142 valence electrons. The number of methoxy groups -OCH3 is 2. The van der Waals surface area contributed by atoms with Gasteiger partial charge in [-0.05, 0) is 29.8 Å². The van der Waals surface area contributed by atoms with Crippen molar-refractivity contribution in [2.24, 2.45) is 5.92 Å². The highest BCUT2D eigenvalue weighted by Crippen LogP contribution is 2.50. The molecule has 4 rings (SSSR count). The lowest BCUT2D eigenvalue weighted by Gasteiger charge is -2.57. The second kappa shape index (κ2) is 6.89. The number of nitrogens with zero attached hydrogens (tertiary/aromatic N) is 1. The predicted molar refractivity (Wildman–Crippen MR) is 102 cm³/mol. The molecule has 2 aromatic rings. The van der Waals surface area contributed by atoms with Gasteiger partial charge < -0.3 is 18.7 Å². The van der Waals surface area contributed by atoms with E-state index in [9.17, 15) is 4.79 Å². The Morgan fingerprint density at radius 1 is 1.11 bits per heavy atom. The third kappa shape index (κ3) is 3.06. The van der Waals surface area contributed by atoms with Crippen molar-refractivity contribution in [2.45, 2.75) is 12.5 Å². The van der Waals surface area contributed by atoms with Crippen molar-refractivity contribution in [3.63, 3.8) is 0 Å².